The molecule has 0 radical (unpaired) electrons. The van der Waals surface area contributed by atoms with Crippen LogP contribution in [0.2, 0.25) is 0 Å². The summed E-state index contributed by atoms with van der Waals surface area (Å²) < 4.78 is 0. The second kappa shape index (κ2) is 6.42. The quantitative estimate of drug-likeness (QED) is 0.767. The summed E-state index contributed by atoms with van der Waals surface area (Å²) in [5.74, 6) is -0.00894. The second-order valence-electron chi connectivity index (χ2n) is 5.08. The Balaban J connectivity index is 1.80. The molecule has 3 nitrogen and oxygen atoms in total. The third kappa shape index (κ3) is 3.43. The molecule has 0 spiro atoms. The highest BCUT2D eigenvalue weighted by Crippen LogP contribution is 2.32. The molecule has 0 saturated heterocycles. The predicted octanol–water partition coefficient (Wildman–Crippen LogP) is 4.48. The van der Waals surface area contributed by atoms with Gasteiger partial charge in [0.05, 0.1) is 17.1 Å². The van der Waals surface area contributed by atoms with E-state index in [0.29, 0.717) is 6.54 Å². The summed E-state index contributed by atoms with van der Waals surface area (Å²) >= 11 is 3.33. The average Bonchev–Trinajstić information content (AvgIpc) is 3.14. The number of thiazole rings is 1. The van der Waals surface area contributed by atoms with Crippen molar-refractivity contribution in [2.45, 2.75) is 20.4 Å². The fourth-order valence-corrected chi connectivity index (χ4v) is 3.92. The van der Waals surface area contributed by atoms with Crippen molar-refractivity contribution in [2.24, 2.45) is 0 Å². The van der Waals surface area contributed by atoms with Crippen molar-refractivity contribution in [3.8, 4) is 21.1 Å². The van der Waals surface area contributed by atoms with Crippen LogP contribution in [-0.2, 0) is 11.3 Å². The van der Waals surface area contributed by atoms with Gasteiger partial charge in [-0.2, -0.15) is 0 Å². The minimum Gasteiger partial charge on any atom is -0.351 e. The van der Waals surface area contributed by atoms with Gasteiger partial charge < -0.3 is 5.32 Å². The molecule has 5 heteroatoms. The van der Waals surface area contributed by atoms with Crippen molar-refractivity contribution in [3.05, 3.63) is 52.2 Å². The smallest absolute Gasteiger partial charge is 0.217 e. The molecule has 22 heavy (non-hydrogen) atoms. The molecule has 0 unspecified atom stereocenters. The predicted molar refractivity (Wildman–Crippen MR) is 93.1 cm³/mol. The van der Waals surface area contributed by atoms with Crippen LogP contribution in [0.1, 0.15) is 17.4 Å². The van der Waals surface area contributed by atoms with E-state index >= 15 is 0 Å². The summed E-state index contributed by atoms with van der Waals surface area (Å²) in [6.07, 6.45) is 0. The van der Waals surface area contributed by atoms with Gasteiger partial charge in [0.25, 0.3) is 0 Å². The number of thiophene rings is 1. The third-order valence-corrected chi connectivity index (χ3v) is 5.19. The number of benzene rings is 1. The van der Waals surface area contributed by atoms with Gasteiger partial charge in [-0.3, -0.25) is 4.79 Å². The molecule has 0 saturated carbocycles. The molecule has 0 fully saturated rings. The van der Waals surface area contributed by atoms with Crippen molar-refractivity contribution in [1.82, 2.24) is 10.3 Å². The zero-order valence-electron chi connectivity index (χ0n) is 12.4. The molecule has 1 aromatic carbocycles. The van der Waals surface area contributed by atoms with E-state index in [2.05, 4.69) is 48.0 Å². The molecule has 0 bridgehead atoms. The van der Waals surface area contributed by atoms with Gasteiger partial charge in [-0.05, 0) is 25.1 Å². The van der Waals surface area contributed by atoms with E-state index in [1.807, 2.05) is 6.07 Å². The van der Waals surface area contributed by atoms with Gasteiger partial charge in [-0.1, -0.05) is 23.8 Å². The summed E-state index contributed by atoms with van der Waals surface area (Å²) in [5, 5.41) is 5.94. The van der Waals surface area contributed by atoms with Crippen LogP contribution in [0.5, 0.6) is 0 Å². The van der Waals surface area contributed by atoms with Gasteiger partial charge >= 0.3 is 0 Å². The summed E-state index contributed by atoms with van der Waals surface area (Å²) in [6.45, 7) is 4.20. The van der Waals surface area contributed by atoms with Gasteiger partial charge in [-0.25, -0.2) is 4.98 Å². The molecule has 3 aromatic rings. The first-order valence-corrected chi connectivity index (χ1v) is 8.67. The minimum absolute atomic E-state index is 0.00894. The van der Waals surface area contributed by atoms with Gasteiger partial charge in [0.15, 0.2) is 0 Å². The lowest BCUT2D eigenvalue weighted by atomic mass is 10.1. The highest BCUT2D eigenvalue weighted by Gasteiger charge is 2.09. The SMILES string of the molecule is CC(=O)NCc1ccc(-c2csc(-c3cccc(C)c3)n2)s1. The summed E-state index contributed by atoms with van der Waals surface area (Å²) in [6, 6.07) is 12.5. The fraction of sp³-hybridized carbons (Fsp3) is 0.176. The number of nitrogens with zero attached hydrogens (tertiary/aromatic N) is 1. The van der Waals surface area contributed by atoms with Gasteiger partial charge in [0.2, 0.25) is 5.91 Å². The lowest BCUT2D eigenvalue weighted by Gasteiger charge is -1.98. The standard InChI is InChI=1S/C17H16N2OS2/c1-11-4-3-5-13(8-11)17-19-15(10-21-17)16-7-6-14(22-16)9-18-12(2)20/h3-8,10H,9H2,1-2H3,(H,18,20). The average molecular weight is 328 g/mol. The van der Waals surface area contributed by atoms with Crippen molar-refractivity contribution in [2.75, 3.05) is 0 Å². The first-order valence-electron chi connectivity index (χ1n) is 6.98. The van der Waals surface area contributed by atoms with Crippen LogP contribution in [0.4, 0.5) is 0 Å². The molecule has 0 aliphatic heterocycles. The molecule has 3 rings (SSSR count). The number of hydrogen-bond acceptors (Lipinski definition) is 4. The van der Waals surface area contributed by atoms with Gasteiger partial charge in [0.1, 0.15) is 5.01 Å². The number of nitrogens with one attached hydrogen (secondary N) is 1. The van der Waals surface area contributed by atoms with Crippen LogP contribution in [0, 0.1) is 6.92 Å². The zero-order valence-corrected chi connectivity index (χ0v) is 14.1. The van der Waals surface area contributed by atoms with Crippen LogP contribution in [-0.4, -0.2) is 10.9 Å². The Morgan fingerprint density at radius 3 is 2.91 bits per heavy atom. The maximum absolute atomic E-state index is 11.0. The molecule has 0 aliphatic rings. The van der Waals surface area contributed by atoms with Crippen LogP contribution in [0.3, 0.4) is 0 Å². The Hall–Kier alpha value is -1.98. The molecule has 2 aromatic heterocycles. The van der Waals surface area contributed by atoms with Crippen molar-refractivity contribution < 1.29 is 4.79 Å². The van der Waals surface area contributed by atoms with E-state index in [9.17, 15) is 4.79 Å². The number of carbonyl (C=O) groups excluding carboxylic acids is 1. The van der Waals surface area contributed by atoms with Gasteiger partial charge in [0, 0.05) is 22.7 Å². The molecule has 0 aliphatic carbocycles. The van der Waals surface area contributed by atoms with E-state index < -0.39 is 0 Å². The van der Waals surface area contributed by atoms with Crippen LogP contribution >= 0.6 is 22.7 Å². The highest BCUT2D eigenvalue weighted by atomic mass is 32.1. The normalized spacial score (nSPS) is 10.6. The summed E-state index contributed by atoms with van der Waals surface area (Å²) in [4.78, 5) is 18.0. The molecule has 1 amide bonds. The molecule has 0 atom stereocenters. The molecular weight excluding hydrogens is 312 g/mol. The Bertz CT molecular complexity index is 804. The number of aromatic nitrogens is 1. The summed E-state index contributed by atoms with van der Waals surface area (Å²) in [7, 11) is 0. The molecule has 2 heterocycles. The van der Waals surface area contributed by atoms with E-state index in [-0.39, 0.29) is 5.91 Å². The number of aryl methyl sites for hydroxylation is 1. The van der Waals surface area contributed by atoms with Crippen LogP contribution in [0.15, 0.2) is 41.8 Å². The molecule has 1 N–H and O–H groups in total. The Morgan fingerprint density at radius 2 is 2.14 bits per heavy atom. The topological polar surface area (TPSA) is 42.0 Å². The maximum Gasteiger partial charge on any atom is 0.217 e. The third-order valence-electron chi connectivity index (χ3n) is 3.19. The monoisotopic (exact) mass is 328 g/mol. The van der Waals surface area contributed by atoms with E-state index in [4.69, 9.17) is 4.98 Å². The van der Waals surface area contributed by atoms with E-state index in [0.717, 1.165) is 26.0 Å². The highest BCUT2D eigenvalue weighted by molar-refractivity contribution is 7.16. The van der Waals surface area contributed by atoms with Crippen molar-refractivity contribution in [3.63, 3.8) is 0 Å². The van der Waals surface area contributed by atoms with Crippen LogP contribution in [0.25, 0.3) is 21.1 Å². The number of rotatable bonds is 4. The Kier molecular flexibility index (Phi) is 4.36. The van der Waals surface area contributed by atoms with E-state index in [1.54, 1.807) is 22.7 Å². The molecular formula is C17H16N2OS2. The Labute approximate surface area is 137 Å². The Morgan fingerprint density at radius 1 is 1.27 bits per heavy atom. The van der Waals surface area contributed by atoms with Crippen molar-refractivity contribution in [1.29, 1.82) is 0 Å². The number of carbonyl (C=O) groups is 1. The maximum atomic E-state index is 11.0. The first kappa shape index (κ1) is 14.9. The number of hydrogen-bond donors (Lipinski definition) is 1. The molecule has 112 valence electrons. The fourth-order valence-electron chi connectivity index (χ4n) is 2.12. The number of amides is 1. The van der Waals surface area contributed by atoms with Crippen molar-refractivity contribution >= 4 is 28.6 Å². The second-order valence-corrected chi connectivity index (χ2v) is 7.11. The lowest BCUT2D eigenvalue weighted by Crippen LogP contribution is -2.17. The zero-order chi connectivity index (χ0) is 15.5. The first-order chi connectivity index (χ1) is 10.6. The lowest BCUT2D eigenvalue weighted by molar-refractivity contribution is -0.119. The van der Waals surface area contributed by atoms with Crippen LogP contribution < -0.4 is 5.32 Å². The largest absolute Gasteiger partial charge is 0.351 e. The van der Waals surface area contributed by atoms with E-state index in [1.165, 1.54) is 12.5 Å². The van der Waals surface area contributed by atoms with Gasteiger partial charge in [-0.15, -0.1) is 22.7 Å². The summed E-state index contributed by atoms with van der Waals surface area (Å²) in [5.41, 5.74) is 3.40. The minimum atomic E-state index is -0.00894.